The van der Waals surface area contributed by atoms with Crippen LogP contribution in [-0.2, 0) is 11.8 Å². The summed E-state index contributed by atoms with van der Waals surface area (Å²) in [5.41, 5.74) is 4.80. The fourth-order valence-corrected chi connectivity index (χ4v) is 3.38. The Morgan fingerprint density at radius 3 is 2.19 bits per heavy atom. The van der Waals surface area contributed by atoms with E-state index in [1.165, 1.54) is 0 Å². The lowest BCUT2D eigenvalue weighted by molar-refractivity contribution is -0.126. The first kappa shape index (κ1) is 18.9. The molecule has 1 aromatic carbocycles. The molecule has 1 aliphatic rings. The number of rotatable bonds is 4. The number of aryl methyl sites for hydroxylation is 2. The summed E-state index contributed by atoms with van der Waals surface area (Å²) in [7, 11) is 1.91. The van der Waals surface area contributed by atoms with Gasteiger partial charge in [-0.15, -0.1) is 0 Å². The Balaban J connectivity index is 1.59. The van der Waals surface area contributed by atoms with E-state index in [-0.39, 0.29) is 11.7 Å². The van der Waals surface area contributed by atoms with Crippen molar-refractivity contribution >= 4 is 23.5 Å². The van der Waals surface area contributed by atoms with Crippen molar-refractivity contribution in [3.05, 3.63) is 52.9 Å². The van der Waals surface area contributed by atoms with Crippen LogP contribution >= 0.6 is 0 Å². The molecule has 0 atom stereocenters. The van der Waals surface area contributed by atoms with E-state index in [0.29, 0.717) is 13.1 Å². The van der Waals surface area contributed by atoms with Crippen LogP contribution < -0.4 is 4.90 Å². The summed E-state index contributed by atoms with van der Waals surface area (Å²) in [5.74, 6) is 0.104. The molecule has 2 heterocycles. The van der Waals surface area contributed by atoms with Crippen molar-refractivity contribution in [1.29, 1.82) is 0 Å². The summed E-state index contributed by atoms with van der Waals surface area (Å²) in [6.07, 6.45) is 3.52. The van der Waals surface area contributed by atoms with Crippen LogP contribution in [0.1, 0.15) is 34.2 Å². The predicted octanol–water partition coefficient (Wildman–Crippen LogP) is 2.60. The van der Waals surface area contributed by atoms with E-state index in [2.05, 4.69) is 10.00 Å². The average molecular weight is 366 g/mol. The largest absolute Gasteiger partial charge is 0.368 e. The van der Waals surface area contributed by atoms with Crippen LogP contribution in [-0.4, -0.2) is 52.5 Å². The highest BCUT2D eigenvalue weighted by Crippen LogP contribution is 2.18. The Labute approximate surface area is 160 Å². The van der Waals surface area contributed by atoms with Crippen LogP contribution in [0.3, 0.4) is 0 Å². The van der Waals surface area contributed by atoms with Gasteiger partial charge in [0.15, 0.2) is 5.78 Å². The summed E-state index contributed by atoms with van der Waals surface area (Å²) >= 11 is 0. The maximum absolute atomic E-state index is 12.5. The Hall–Kier alpha value is -2.89. The van der Waals surface area contributed by atoms with Crippen LogP contribution in [0.15, 0.2) is 30.3 Å². The van der Waals surface area contributed by atoms with Gasteiger partial charge < -0.3 is 9.80 Å². The van der Waals surface area contributed by atoms with Gasteiger partial charge in [0.2, 0.25) is 5.91 Å². The summed E-state index contributed by atoms with van der Waals surface area (Å²) in [5, 5.41) is 4.37. The molecule has 0 saturated carbocycles. The minimum absolute atomic E-state index is 0.0317. The Bertz CT molecular complexity index is 872. The Morgan fingerprint density at radius 1 is 1.04 bits per heavy atom. The molecule has 1 saturated heterocycles. The molecule has 27 heavy (non-hydrogen) atoms. The van der Waals surface area contributed by atoms with E-state index < -0.39 is 0 Å². The van der Waals surface area contributed by atoms with Gasteiger partial charge in [-0.05, 0) is 51.1 Å². The number of amides is 1. The molecule has 1 aliphatic heterocycles. The minimum Gasteiger partial charge on any atom is -0.368 e. The number of Topliss-reactive ketones (excluding diaryl/α,β-unsaturated/α-hetero) is 1. The zero-order chi connectivity index (χ0) is 19.6. The first-order valence-electron chi connectivity index (χ1n) is 9.20. The molecule has 1 fully saturated rings. The van der Waals surface area contributed by atoms with Gasteiger partial charge in [-0.3, -0.25) is 14.3 Å². The van der Waals surface area contributed by atoms with Crippen molar-refractivity contribution in [2.24, 2.45) is 7.05 Å². The third kappa shape index (κ3) is 4.10. The second-order valence-electron chi connectivity index (χ2n) is 6.96. The van der Waals surface area contributed by atoms with Gasteiger partial charge in [0, 0.05) is 61.8 Å². The monoisotopic (exact) mass is 366 g/mol. The molecule has 1 aromatic heterocycles. The number of hydrogen-bond acceptors (Lipinski definition) is 4. The van der Waals surface area contributed by atoms with Crippen molar-refractivity contribution < 1.29 is 9.59 Å². The van der Waals surface area contributed by atoms with Gasteiger partial charge in [0.25, 0.3) is 0 Å². The molecule has 3 rings (SSSR count). The SMILES string of the molecule is CC(=O)c1ccc(N2CCN(C(=O)/C=C/c3c(C)nn(C)c3C)CC2)cc1. The highest BCUT2D eigenvalue weighted by Gasteiger charge is 2.20. The van der Waals surface area contributed by atoms with Crippen molar-refractivity contribution in [3.63, 3.8) is 0 Å². The molecule has 0 radical (unpaired) electrons. The minimum atomic E-state index is 0.0317. The molecule has 0 aliphatic carbocycles. The third-order valence-corrected chi connectivity index (χ3v) is 5.19. The van der Waals surface area contributed by atoms with Crippen LogP contribution in [0.4, 0.5) is 5.69 Å². The van der Waals surface area contributed by atoms with Crippen LogP contribution in [0.2, 0.25) is 0 Å². The van der Waals surface area contributed by atoms with E-state index in [9.17, 15) is 9.59 Å². The standard InChI is InChI=1S/C21H26N4O2/c1-15-20(16(2)23(4)22-15)9-10-21(27)25-13-11-24(12-14-25)19-7-5-18(6-8-19)17(3)26/h5-10H,11-14H2,1-4H3/b10-9+. The zero-order valence-corrected chi connectivity index (χ0v) is 16.4. The second kappa shape index (κ2) is 7.78. The number of carbonyl (C=O) groups is 2. The number of ketones is 1. The summed E-state index contributed by atoms with van der Waals surface area (Å²) in [4.78, 5) is 28.0. The van der Waals surface area contributed by atoms with Gasteiger partial charge in [-0.1, -0.05) is 0 Å². The number of aromatic nitrogens is 2. The summed E-state index contributed by atoms with van der Waals surface area (Å²) in [6.45, 7) is 8.45. The van der Waals surface area contributed by atoms with E-state index in [4.69, 9.17) is 0 Å². The maximum Gasteiger partial charge on any atom is 0.246 e. The normalized spacial score (nSPS) is 14.8. The molecular weight excluding hydrogens is 340 g/mol. The average Bonchev–Trinajstić information content (AvgIpc) is 2.91. The molecule has 0 unspecified atom stereocenters. The predicted molar refractivity (Wildman–Crippen MR) is 107 cm³/mol. The lowest BCUT2D eigenvalue weighted by Gasteiger charge is -2.35. The fraction of sp³-hybridized carbons (Fsp3) is 0.381. The van der Waals surface area contributed by atoms with E-state index >= 15 is 0 Å². The molecule has 0 spiro atoms. The fourth-order valence-electron chi connectivity index (χ4n) is 3.38. The third-order valence-electron chi connectivity index (χ3n) is 5.19. The number of piperazine rings is 1. The molecule has 6 nitrogen and oxygen atoms in total. The lowest BCUT2D eigenvalue weighted by Crippen LogP contribution is -2.48. The molecule has 0 bridgehead atoms. The lowest BCUT2D eigenvalue weighted by atomic mass is 10.1. The number of nitrogens with zero attached hydrogens (tertiary/aromatic N) is 4. The first-order valence-corrected chi connectivity index (χ1v) is 9.20. The molecule has 6 heteroatoms. The highest BCUT2D eigenvalue weighted by atomic mass is 16.2. The number of hydrogen-bond donors (Lipinski definition) is 0. The van der Waals surface area contributed by atoms with Gasteiger partial charge in [0.1, 0.15) is 0 Å². The van der Waals surface area contributed by atoms with E-state index in [1.54, 1.807) is 13.0 Å². The van der Waals surface area contributed by atoms with Crippen LogP contribution in [0.25, 0.3) is 6.08 Å². The van der Waals surface area contributed by atoms with Gasteiger partial charge in [-0.25, -0.2) is 0 Å². The Morgan fingerprint density at radius 2 is 1.67 bits per heavy atom. The van der Waals surface area contributed by atoms with Crippen LogP contribution in [0.5, 0.6) is 0 Å². The quantitative estimate of drug-likeness (QED) is 0.616. The summed E-state index contributed by atoms with van der Waals surface area (Å²) < 4.78 is 1.83. The number of benzene rings is 1. The van der Waals surface area contributed by atoms with Crippen molar-refractivity contribution in [2.45, 2.75) is 20.8 Å². The first-order chi connectivity index (χ1) is 12.9. The van der Waals surface area contributed by atoms with Gasteiger partial charge in [0.05, 0.1) is 5.69 Å². The molecule has 142 valence electrons. The number of carbonyl (C=O) groups excluding carboxylic acids is 2. The topological polar surface area (TPSA) is 58.4 Å². The van der Waals surface area contributed by atoms with Crippen molar-refractivity contribution in [3.8, 4) is 0 Å². The maximum atomic E-state index is 12.5. The molecule has 2 aromatic rings. The van der Waals surface area contributed by atoms with E-state index in [0.717, 1.165) is 41.3 Å². The zero-order valence-electron chi connectivity index (χ0n) is 16.4. The summed E-state index contributed by atoms with van der Waals surface area (Å²) in [6, 6.07) is 7.66. The highest BCUT2D eigenvalue weighted by molar-refractivity contribution is 5.94. The molecule has 0 N–H and O–H groups in total. The van der Waals surface area contributed by atoms with Crippen molar-refractivity contribution in [2.75, 3.05) is 31.1 Å². The molecule has 1 amide bonds. The van der Waals surface area contributed by atoms with Crippen LogP contribution in [0, 0.1) is 13.8 Å². The van der Waals surface area contributed by atoms with Gasteiger partial charge >= 0.3 is 0 Å². The Kier molecular flexibility index (Phi) is 5.44. The molecular formula is C21H26N4O2. The van der Waals surface area contributed by atoms with Gasteiger partial charge in [-0.2, -0.15) is 5.10 Å². The van der Waals surface area contributed by atoms with Crippen molar-refractivity contribution in [1.82, 2.24) is 14.7 Å². The number of anilines is 1. The second-order valence-corrected chi connectivity index (χ2v) is 6.96. The van der Waals surface area contributed by atoms with E-state index in [1.807, 2.05) is 60.8 Å². The smallest absolute Gasteiger partial charge is 0.246 e.